The van der Waals surface area contributed by atoms with E-state index in [0.29, 0.717) is 52.6 Å². The first-order chi connectivity index (χ1) is 20.0. The quantitative estimate of drug-likeness (QED) is 0.145. The number of H-pyrrole nitrogens is 1. The van der Waals surface area contributed by atoms with E-state index in [2.05, 4.69) is 20.3 Å². The van der Waals surface area contributed by atoms with Crippen molar-refractivity contribution in [1.29, 1.82) is 5.26 Å². The van der Waals surface area contributed by atoms with E-state index in [1.807, 2.05) is 36.4 Å². The molecule has 0 spiro atoms. The maximum Gasteiger partial charge on any atom is 0.264 e. The Hall–Kier alpha value is -4.68. The molecule has 0 aliphatic carbocycles. The van der Waals surface area contributed by atoms with Crippen LogP contribution in [0.3, 0.4) is 0 Å². The molecule has 2 N–H and O–H groups in total. The lowest BCUT2D eigenvalue weighted by atomic mass is 10.0. The Morgan fingerprint density at radius 1 is 1.15 bits per heavy atom. The summed E-state index contributed by atoms with van der Waals surface area (Å²) in [6.45, 7) is 2.69. The maximum absolute atomic E-state index is 13.7. The van der Waals surface area contributed by atoms with Crippen molar-refractivity contribution in [1.82, 2.24) is 19.9 Å². The zero-order valence-electron chi connectivity index (χ0n) is 22.6. The predicted octanol–water partition coefficient (Wildman–Crippen LogP) is 6.29. The SMILES string of the molecule is C/C=C(\C#N)C(=O)N1CCCCCC1CNc1ncnc2[nH]cc(C(=O)c3ccc(Oc4ccccc4)cc3Cl)c12. The van der Waals surface area contributed by atoms with Gasteiger partial charge in [0, 0.05) is 37.0 Å². The molecule has 3 heterocycles. The molecule has 1 fully saturated rings. The number of para-hydroxylation sites is 1. The molecule has 4 aromatic rings. The van der Waals surface area contributed by atoms with Crippen LogP contribution in [-0.4, -0.2) is 50.7 Å². The summed E-state index contributed by atoms with van der Waals surface area (Å²) in [6.07, 6.45) is 8.24. The van der Waals surface area contributed by atoms with Crippen LogP contribution >= 0.6 is 11.6 Å². The molecular weight excluding hydrogens is 540 g/mol. The summed E-state index contributed by atoms with van der Waals surface area (Å²) in [5, 5.41) is 13.6. The lowest BCUT2D eigenvalue weighted by Crippen LogP contribution is -2.44. The number of hydrogen-bond donors (Lipinski definition) is 2. The Morgan fingerprint density at radius 3 is 2.73 bits per heavy atom. The molecule has 1 unspecified atom stereocenters. The lowest BCUT2D eigenvalue weighted by molar-refractivity contribution is -0.128. The Labute approximate surface area is 242 Å². The Kier molecular flexibility index (Phi) is 8.61. The topological polar surface area (TPSA) is 124 Å². The molecule has 1 saturated heterocycles. The summed E-state index contributed by atoms with van der Waals surface area (Å²) in [5.74, 6) is 1.10. The van der Waals surface area contributed by atoms with E-state index < -0.39 is 0 Å². The Bertz CT molecular complexity index is 1640. The second-order valence-electron chi connectivity index (χ2n) is 9.73. The van der Waals surface area contributed by atoms with Crippen LogP contribution in [0, 0.1) is 11.3 Å². The number of aromatic amines is 1. The highest BCUT2D eigenvalue weighted by Crippen LogP contribution is 2.31. The first kappa shape index (κ1) is 27.9. The number of benzene rings is 2. The molecule has 41 heavy (non-hydrogen) atoms. The average Bonchev–Trinajstić information content (AvgIpc) is 3.29. The molecule has 1 aliphatic heterocycles. The lowest BCUT2D eigenvalue weighted by Gasteiger charge is -2.30. The zero-order valence-corrected chi connectivity index (χ0v) is 23.3. The maximum atomic E-state index is 13.7. The molecule has 1 atom stereocenters. The standard InChI is InChI=1S/C31H29ClN6O3/c1-2-20(16-33)31(40)38-14-8-4-5-9-21(38)17-34-29-27-25(18-35-30(27)37-19-36-29)28(39)24-13-12-23(15-26(24)32)41-22-10-6-3-7-11-22/h2-3,6-7,10-13,15,18-19,21H,4-5,8-9,14,17H2,1H3,(H2,34,35,36,37)/b20-2+. The molecule has 2 aromatic heterocycles. The Balaban J connectivity index is 1.39. The number of nitriles is 1. The minimum atomic E-state index is -0.289. The van der Waals surface area contributed by atoms with Crippen LogP contribution in [0.1, 0.15) is 48.5 Å². The predicted molar refractivity (Wildman–Crippen MR) is 157 cm³/mol. The highest BCUT2D eigenvalue weighted by molar-refractivity contribution is 6.35. The van der Waals surface area contributed by atoms with Crippen molar-refractivity contribution in [3.63, 3.8) is 0 Å². The van der Waals surface area contributed by atoms with Gasteiger partial charge in [-0.05, 0) is 44.0 Å². The summed E-state index contributed by atoms with van der Waals surface area (Å²) < 4.78 is 5.85. The van der Waals surface area contributed by atoms with Gasteiger partial charge in [0.25, 0.3) is 5.91 Å². The first-order valence-electron chi connectivity index (χ1n) is 13.5. The smallest absolute Gasteiger partial charge is 0.264 e. The molecule has 1 aliphatic rings. The highest BCUT2D eigenvalue weighted by atomic mass is 35.5. The van der Waals surface area contributed by atoms with Crippen LogP contribution in [-0.2, 0) is 4.79 Å². The third-order valence-corrected chi connectivity index (χ3v) is 7.47. The molecule has 0 saturated carbocycles. The van der Waals surface area contributed by atoms with Crippen LogP contribution in [0.15, 0.2) is 72.7 Å². The van der Waals surface area contributed by atoms with Crippen molar-refractivity contribution in [2.75, 3.05) is 18.4 Å². The number of rotatable bonds is 8. The number of anilines is 1. The number of carbonyl (C=O) groups is 2. The van der Waals surface area contributed by atoms with Gasteiger partial charge in [-0.25, -0.2) is 9.97 Å². The number of fused-ring (bicyclic) bond motifs is 1. The van der Waals surface area contributed by atoms with Crippen LogP contribution < -0.4 is 10.1 Å². The third-order valence-electron chi connectivity index (χ3n) is 7.16. The van der Waals surface area contributed by atoms with Crippen LogP contribution in [0.2, 0.25) is 5.02 Å². The molecule has 0 bridgehead atoms. The van der Waals surface area contributed by atoms with E-state index in [1.54, 1.807) is 42.3 Å². The van der Waals surface area contributed by atoms with Crippen molar-refractivity contribution in [2.45, 2.75) is 38.6 Å². The normalized spacial score (nSPS) is 15.7. The van der Waals surface area contributed by atoms with Gasteiger partial charge in [-0.15, -0.1) is 0 Å². The molecule has 1 amide bonds. The average molecular weight is 569 g/mol. The second kappa shape index (κ2) is 12.7. The largest absolute Gasteiger partial charge is 0.457 e. The van der Waals surface area contributed by atoms with Crippen LogP contribution in [0.5, 0.6) is 11.5 Å². The van der Waals surface area contributed by atoms with Gasteiger partial charge in [0.05, 0.1) is 16.0 Å². The van der Waals surface area contributed by atoms with Gasteiger partial charge >= 0.3 is 0 Å². The molecule has 10 heteroatoms. The van der Waals surface area contributed by atoms with Crippen molar-refractivity contribution in [3.8, 4) is 17.6 Å². The number of ether oxygens (including phenoxy) is 1. The zero-order chi connectivity index (χ0) is 28.8. The number of hydrogen-bond acceptors (Lipinski definition) is 7. The fraction of sp³-hybridized carbons (Fsp3) is 0.258. The number of nitrogens with one attached hydrogen (secondary N) is 2. The van der Waals surface area contributed by atoms with E-state index in [4.69, 9.17) is 16.3 Å². The number of aromatic nitrogens is 3. The number of carbonyl (C=O) groups excluding carboxylic acids is 2. The summed E-state index contributed by atoms with van der Waals surface area (Å²) in [5.41, 5.74) is 1.33. The minimum absolute atomic E-state index is 0.136. The number of halogens is 1. The fourth-order valence-corrected chi connectivity index (χ4v) is 5.31. The molecule has 2 aromatic carbocycles. The number of allylic oxidation sites excluding steroid dienone is 1. The first-order valence-corrected chi connectivity index (χ1v) is 13.9. The van der Waals surface area contributed by atoms with Crippen molar-refractivity contribution in [3.05, 3.63) is 88.9 Å². The van der Waals surface area contributed by atoms with Gasteiger partial charge in [0.2, 0.25) is 0 Å². The summed E-state index contributed by atoms with van der Waals surface area (Å²) in [6, 6.07) is 16.1. The van der Waals surface area contributed by atoms with Gasteiger partial charge < -0.3 is 19.9 Å². The number of amides is 1. The summed E-state index contributed by atoms with van der Waals surface area (Å²) in [7, 11) is 0. The van der Waals surface area contributed by atoms with Gasteiger partial charge in [-0.3, -0.25) is 9.59 Å². The van der Waals surface area contributed by atoms with E-state index in [9.17, 15) is 14.9 Å². The monoisotopic (exact) mass is 568 g/mol. The van der Waals surface area contributed by atoms with E-state index in [0.717, 1.165) is 25.7 Å². The number of likely N-dealkylation sites (tertiary alicyclic amines) is 1. The fourth-order valence-electron chi connectivity index (χ4n) is 5.05. The van der Waals surface area contributed by atoms with Gasteiger partial charge in [0.15, 0.2) is 5.78 Å². The second-order valence-corrected chi connectivity index (χ2v) is 10.1. The molecule has 0 radical (unpaired) electrons. The van der Waals surface area contributed by atoms with Crippen LogP contribution in [0.4, 0.5) is 5.82 Å². The van der Waals surface area contributed by atoms with E-state index in [-0.39, 0.29) is 28.3 Å². The van der Waals surface area contributed by atoms with Gasteiger partial charge in [0.1, 0.15) is 40.9 Å². The molecule has 9 nitrogen and oxygen atoms in total. The van der Waals surface area contributed by atoms with E-state index >= 15 is 0 Å². The van der Waals surface area contributed by atoms with Crippen LogP contribution in [0.25, 0.3) is 11.0 Å². The molecule has 208 valence electrons. The number of nitrogens with zero attached hydrogens (tertiary/aromatic N) is 4. The van der Waals surface area contributed by atoms with Crippen molar-refractivity contribution < 1.29 is 14.3 Å². The molecular formula is C31H29ClN6O3. The number of ketones is 1. The van der Waals surface area contributed by atoms with Gasteiger partial charge in [-0.1, -0.05) is 48.7 Å². The summed E-state index contributed by atoms with van der Waals surface area (Å²) in [4.78, 5) is 40.3. The summed E-state index contributed by atoms with van der Waals surface area (Å²) >= 11 is 6.55. The third kappa shape index (κ3) is 6.08. The van der Waals surface area contributed by atoms with E-state index in [1.165, 1.54) is 6.33 Å². The van der Waals surface area contributed by atoms with Gasteiger partial charge in [-0.2, -0.15) is 5.26 Å². The minimum Gasteiger partial charge on any atom is -0.457 e. The highest BCUT2D eigenvalue weighted by Gasteiger charge is 2.28. The molecule has 5 rings (SSSR count). The Morgan fingerprint density at radius 2 is 1.98 bits per heavy atom. The van der Waals surface area contributed by atoms with Crippen molar-refractivity contribution >= 4 is 40.1 Å². The van der Waals surface area contributed by atoms with Crippen molar-refractivity contribution in [2.24, 2.45) is 0 Å².